The van der Waals surface area contributed by atoms with Crippen molar-refractivity contribution in [3.63, 3.8) is 0 Å². The van der Waals surface area contributed by atoms with Crippen molar-refractivity contribution in [2.24, 2.45) is 18.6 Å². The molecule has 0 spiro atoms. The Hall–Kier alpha value is -4.82. The monoisotopic (exact) mass is 642 g/mol. The van der Waals surface area contributed by atoms with Crippen molar-refractivity contribution in [2.75, 3.05) is 11.3 Å². The summed E-state index contributed by atoms with van der Waals surface area (Å²) in [6.45, 7) is 5.54. The number of carbonyl (C=O) groups excluding carboxylic acids is 1. The number of amides is 1. The number of benzene rings is 3. The molecule has 4 rings (SSSR count). The first-order valence-electron chi connectivity index (χ1n) is 13.5. The molecule has 0 fully saturated rings. The molecule has 0 unspecified atom stereocenters. The lowest BCUT2D eigenvalue weighted by molar-refractivity contribution is -0.274. The molecular weight excluding hydrogens is 609 g/mol. The number of hydrogen-bond donors (Lipinski definition) is 3. The number of nitrogens with zero attached hydrogens (tertiary/aromatic N) is 3. The Morgan fingerprint density at radius 3 is 2.22 bits per heavy atom. The lowest BCUT2D eigenvalue weighted by Gasteiger charge is -2.25. The third-order valence-corrected chi connectivity index (χ3v) is 7.64. The first-order valence-corrected chi connectivity index (χ1v) is 15.4. The van der Waals surface area contributed by atoms with Crippen LogP contribution in [0.25, 0.3) is 28.1 Å². The Morgan fingerprint density at radius 2 is 1.64 bits per heavy atom. The van der Waals surface area contributed by atoms with Gasteiger partial charge in [0.1, 0.15) is 5.75 Å². The fraction of sp³-hybridized carbons (Fsp3) is 0.226. The van der Waals surface area contributed by atoms with E-state index in [1.807, 2.05) is 20.8 Å². The second-order valence-electron chi connectivity index (χ2n) is 11.3. The van der Waals surface area contributed by atoms with Gasteiger partial charge in [0.05, 0.1) is 22.0 Å². The number of halogens is 3. The van der Waals surface area contributed by atoms with Gasteiger partial charge in [-0.1, -0.05) is 24.3 Å². The zero-order valence-electron chi connectivity index (χ0n) is 25.2. The van der Waals surface area contributed by atoms with E-state index in [0.29, 0.717) is 33.6 Å². The van der Waals surface area contributed by atoms with Crippen molar-refractivity contribution in [1.29, 1.82) is 0 Å². The number of sulfone groups is 1. The molecule has 1 amide bonds. The Balaban J connectivity index is 1.85. The van der Waals surface area contributed by atoms with Crippen molar-refractivity contribution in [3.05, 3.63) is 90.3 Å². The third kappa shape index (κ3) is 8.02. The van der Waals surface area contributed by atoms with Crippen molar-refractivity contribution in [2.45, 2.75) is 37.6 Å². The average molecular weight is 643 g/mol. The number of aromatic nitrogens is 2. The standard InChI is InChI=1S/C31H33F3N6O4S/c1-30(2,3)37-29(41)25-17-26(39(4)38-25)24-14-11-21(20-7-6-8-23(15-20)45(5,42)43)16-27(24)40(36)28(18-35)19-9-12-22(13-10-19)44-31(32,33)34/h6-18H,35-36H2,1-5H3,(H,37,41)/b28-18-. The number of carbonyl (C=O) groups is 1. The van der Waals surface area contributed by atoms with Crippen LogP contribution in [0.1, 0.15) is 36.8 Å². The Labute approximate surface area is 259 Å². The van der Waals surface area contributed by atoms with Crippen LogP contribution in [0.4, 0.5) is 18.9 Å². The minimum absolute atomic E-state index is 0.125. The van der Waals surface area contributed by atoms with Crippen LogP contribution in [0.15, 0.2) is 83.9 Å². The molecule has 1 aromatic heterocycles. The van der Waals surface area contributed by atoms with Crippen LogP contribution in [0, 0.1) is 0 Å². The topological polar surface area (TPSA) is 146 Å². The van der Waals surface area contributed by atoms with Gasteiger partial charge in [-0.05, 0) is 80.4 Å². The highest BCUT2D eigenvalue weighted by atomic mass is 32.2. The first kappa shape index (κ1) is 33.1. The second kappa shape index (κ2) is 12.3. The molecule has 0 aliphatic carbocycles. The predicted molar refractivity (Wildman–Crippen MR) is 166 cm³/mol. The molecule has 4 aromatic rings. The molecule has 14 heteroatoms. The lowest BCUT2D eigenvalue weighted by atomic mass is 9.99. The molecule has 238 valence electrons. The van der Waals surface area contributed by atoms with E-state index in [1.165, 1.54) is 40.2 Å². The quantitative estimate of drug-likeness (QED) is 0.175. The number of alkyl halides is 3. The van der Waals surface area contributed by atoms with E-state index >= 15 is 0 Å². The number of nitrogens with one attached hydrogen (secondary N) is 1. The van der Waals surface area contributed by atoms with Gasteiger partial charge in [0.2, 0.25) is 0 Å². The van der Waals surface area contributed by atoms with Gasteiger partial charge in [-0.15, -0.1) is 13.2 Å². The van der Waals surface area contributed by atoms with Gasteiger partial charge in [0.25, 0.3) is 5.91 Å². The molecule has 0 saturated carbocycles. The molecule has 0 bridgehead atoms. The van der Waals surface area contributed by atoms with Gasteiger partial charge < -0.3 is 15.8 Å². The zero-order valence-corrected chi connectivity index (χ0v) is 26.0. The van der Waals surface area contributed by atoms with E-state index in [1.54, 1.807) is 43.4 Å². The van der Waals surface area contributed by atoms with Crippen LogP contribution >= 0.6 is 0 Å². The maximum absolute atomic E-state index is 12.9. The summed E-state index contributed by atoms with van der Waals surface area (Å²) in [4.78, 5) is 13.0. The van der Waals surface area contributed by atoms with Crippen LogP contribution in [0.2, 0.25) is 0 Å². The summed E-state index contributed by atoms with van der Waals surface area (Å²) in [6, 6.07) is 18.2. The van der Waals surface area contributed by atoms with Gasteiger partial charge in [-0.2, -0.15) is 5.10 Å². The van der Waals surface area contributed by atoms with Gasteiger partial charge >= 0.3 is 6.36 Å². The minimum Gasteiger partial charge on any atom is -0.406 e. The summed E-state index contributed by atoms with van der Waals surface area (Å²) in [7, 11) is -1.83. The maximum Gasteiger partial charge on any atom is 0.573 e. The van der Waals surface area contributed by atoms with Crippen LogP contribution < -0.4 is 26.6 Å². The van der Waals surface area contributed by atoms with Crippen LogP contribution in [0.5, 0.6) is 5.75 Å². The largest absolute Gasteiger partial charge is 0.573 e. The summed E-state index contributed by atoms with van der Waals surface area (Å²) < 4.78 is 68.1. The highest BCUT2D eigenvalue weighted by molar-refractivity contribution is 7.90. The number of aryl methyl sites for hydroxylation is 1. The Bertz CT molecular complexity index is 1860. The molecule has 0 radical (unpaired) electrons. The van der Waals surface area contributed by atoms with E-state index in [0.717, 1.165) is 18.4 Å². The van der Waals surface area contributed by atoms with Crippen LogP contribution in [-0.2, 0) is 16.9 Å². The highest BCUT2D eigenvalue weighted by Gasteiger charge is 2.31. The van der Waals surface area contributed by atoms with Gasteiger partial charge in [-0.3, -0.25) is 14.5 Å². The summed E-state index contributed by atoms with van der Waals surface area (Å²) >= 11 is 0. The van der Waals surface area contributed by atoms with Crippen LogP contribution in [-0.4, -0.2) is 42.3 Å². The molecule has 0 atom stereocenters. The zero-order chi connectivity index (χ0) is 33.3. The fourth-order valence-electron chi connectivity index (χ4n) is 4.54. The minimum atomic E-state index is -4.86. The van der Waals surface area contributed by atoms with Gasteiger partial charge in [0, 0.05) is 36.2 Å². The molecule has 0 saturated heterocycles. The highest BCUT2D eigenvalue weighted by Crippen LogP contribution is 2.38. The van der Waals surface area contributed by atoms with Crippen molar-refractivity contribution >= 4 is 27.1 Å². The molecule has 3 aromatic carbocycles. The van der Waals surface area contributed by atoms with Crippen molar-refractivity contribution in [1.82, 2.24) is 15.1 Å². The number of nitrogens with two attached hydrogens (primary N) is 2. The summed E-state index contributed by atoms with van der Waals surface area (Å²) in [5, 5.41) is 8.51. The second-order valence-corrected chi connectivity index (χ2v) is 13.3. The van der Waals surface area contributed by atoms with E-state index < -0.39 is 27.5 Å². The summed E-state index contributed by atoms with van der Waals surface area (Å²) in [5.74, 6) is 5.87. The molecule has 0 aliphatic rings. The first-order chi connectivity index (χ1) is 20.9. The molecular formula is C31H33F3N6O4S. The molecule has 0 aliphatic heterocycles. The van der Waals surface area contributed by atoms with E-state index in [4.69, 9.17) is 11.6 Å². The third-order valence-electron chi connectivity index (χ3n) is 6.53. The normalized spacial score (nSPS) is 12.6. The van der Waals surface area contributed by atoms with Gasteiger partial charge in [0.15, 0.2) is 15.5 Å². The SMILES string of the molecule is Cn1nc(C(=O)NC(C)(C)C)cc1-c1ccc(-c2cccc(S(C)(=O)=O)c2)cc1N(N)/C(=C\N)c1ccc(OC(F)(F)F)cc1. The summed E-state index contributed by atoms with van der Waals surface area (Å²) in [6.07, 6.45) is -2.54. The average Bonchev–Trinajstić information content (AvgIpc) is 3.33. The number of hydrogen-bond acceptors (Lipinski definition) is 8. The van der Waals surface area contributed by atoms with E-state index in [9.17, 15) is 26.4 Å². The molecule has 1 heterocycles. The predicted octanol–water partition coefficient (Wildman–Crippen LogP) is 5.22. The fourth-order valence-corrected chi connectivity index (χ4v) is 5.21. The van der Waals surface area contributed by atoms with E-state index in [2.05, 4.69) is 15.2 Å². The van der Waals surface area contributed by atoms with Gasteiger partial charge in [-0.25, -0.2) is 14.3 Å². The van der Waals surface area contributed by atoms with Crippen molar-refractivity contribution < 1.29 is 31.1 Å². The van der Waals surface area contributed by atoms with Crippen LogP contribution in [0.3, 0.4) is 0 Å². The summed E-state index contributed by atoms with van der Waals surface area (Å²) in [5.41, 5.74) is 8.86. The Kier molecular flexibility index (Phi) is 9.03. The molecule has 45 heavy (non-hydrogen) atoms. The maximum atomic E-state index is 12.9. The molecule has 5 N–H and O–H groups in total. The van der Waals surface area contributed by atoms with Crippen molar-refractivity contribution in [3.8, 4) is 28.1 Å². The smallest absolute Gasteiger partial charge is 0.406 e. The lowest BCUT2D eigenvalue weighted by Crippen LogP contribution is -2.40. The number of anilines is 1. The Morgan fingerprint density at radius 1 is 1.00 bits per heavy atom. The molecule has 10 nitrogen and oxygen atoms in total. The number of hydrazine groups is 1. The van der Waals surface area contributed by atoms with E-state index in [-0.39, 0.29) is 22.2 Å². The number of ether oxygens (including phenoxy) is 1. The number of rotatable bonds is 8.